The van der Waals surface area contributed by atoms with Gasteiger partial charge in [-0.1, -0.05) is 84.9 Å². The normalized spacial score (nSPS) is 11.6. The number of nitrogens with zero attached hydrogens (tertiary/aromatic N) is 1. The Morgan fingerprint density at radius 2 is 1.20 bits per heavy atom. The molecule has 0 fully saturated rings. The molecule has 0 aliphatic carbocycles. The van der Waals surface area contributed by atoms with Crippen LogP contribution in [0, 0.1) is 0 Å². The molecule has 0 saturated heterocycles. The smallest absolute Gasteiger partial charge is 0.259 e. The predicted molar refractivity (Wildman–Crippen MR) is 126 cm³/mol. The second-order valence-electron chi connectivity index (χ2n) is 7.80. The Labute approximate surface area is 173 Å². The maximum atomic E-state index is 13.7. The predicted octanol–water partition coefficient (Wildman–Crippen LogP) is 6.51. The molecule has 0 N–H and O–H groups in total. The van der Waals surface area contributed by atoms with Gasteiger partial charge in [-0.25, -0.2) is 0 Å². The van der Waals surface area contributed by atoms with Crippen molar-refractivity contribution in [3.63, 3.8) is 0 Å². The van der Waals surface area contributed by atoms with E-state index in [1.807, 2.05) is 34.9 Å². The van der Waals surface area contributed by atoms with Gasteiger partial charge in [0.25, 0.3) is 5.56 Å². The summed E-state index contributed by atoms with van der Waals surface area (Å²) in [5.41, 5.74) is 2.15. The van der Waals surface area contributed by atoms with Crippen LogP contribution in [0.4, 0.5) is 0 Å². The lowest BCUT2D eigenvalue weighted by Crippen LogP contribution is -2.21. The van der Waals surface area contributed by atoms with Crippen molar-refractivity contribution in [3.8, 4) is 0 Å². The summed E-state index contributed by atoms with van der Waals surface area (Å²) >= 11 is 0. The van der Waals surface area contributed by atoms with Crippen molar-refractivity contribution in [2.24, 2.45) is 0 Å². The molecule has 1 aromatic heterocycles. The summed E-state index contributed by atoms with van der Waals surface area (Å²) in [5.74, 6) is 0. The molecule has 0 aliphatic rings. The summed E-state index contributed by atoms with van der Waals surface area (Å²) in [6.07, 6.45) is 0. The van der Waals surface area contributed by atoms with Crippen LogP contribution in [0.15, 0.2) is 108 Å². The average Bonchev–Trinajstić information content (AvgIpc) is 2.81. The summed E-state index contributed by atoms with van der Waals surface area (Å²) in [5, 5.41) is 7.54. The van der Waals surface area contributed by atoms with Crippen molar-refractivity contribution < 1.29 is 0 Å². The van der Waals surface area contributed by atoms with Crippen LogP contribution in [0.1, 0.15) is 5.56 Å². The van der Waals surface area contributed by atoms with Crippen LogP contribution in [-0.2, 0) is 6.54 Å². The second-order valence-corrected chi connectivity index (χ2v) is 7.80. The van der Waals surface area contributed by atoms with Gasteiger partial charge in [0.15, 0.2) is 0 Å². The van der Waals surface area contributed by atoms with E-state index in [-0.39, 0.29) is 5.56 Å². The lowest BCUT2D eigenvalue weighted by Gasteiger charge is -2.16. The molecule has 6 rings (SSSR count). The molecule has 0 bridgehead atoms. The minimum atomic E-state index is 0.0578. The topological polar surface area (TPSA) is 22.0 Å². The van der Waals surface area contributed by atoms with Gasteiger partial charge in [0.1, 0.15) is 0 Å². The van der Waals surface area contributed by atoms with Crippen LogP contribution in [0.3, 0.4) is 0 Å². The largest absolute Gasteiger partial charge is 0.303 e. The molecule has 2 nitrogen and oxygen atoms in total. The van der Waals surface area contributed by atoms with Crippen molar-refractivity contribution in [3.05, 3.63) is 119 Å². The fraction of sp³-hybridized carbons (Fsp3) is 0.0357. The van der Waals surface area contributed by atoms with Gasteiger partial charge in [-0.3, -0.25) is 4.79 Å². The number of hydrogen-bond donors (Lipinski definition) is 0. The molecule has 142 valence electrons. The third-order valence-electron chi connectivity index (χ3n) is 6.01. The zero-order valence-corrected chi connectivity index (χ0v) is 16.4. The Morgan fingerprint density at radius 1 is 0.567 bits per heavy atom. The zero-order valence-electron chi connectivity index (χ0n) is 16.4. The molecule has 1 heterocycles. The van der Waals surface area contributed by atoms with Gasteiger partial charge in [0.2, 0.25) is 0 Å². The Bertz CT molecular complexity index is 1630. The van der Waals surface area contributed by atoms with E-state index in [2.05, 4.69) is 72.8 Å². The maximum Gasteiger partial charge on any atom is 0.259 e. The lowest BCUT2D eigenvalue weighted by molar-refractivity contribution is 0.803. The van der Waals surface area contributed by atoms with Gasteiger partial charge in [-0.05, 0) is 50.7 Å². The van der Waals surface area contributed by atoms with Crippen molar-refractivity contribution in [1.29, 1.82) is 0 Å². The fourth-order valence-corrected chi connectivity index (χ4v) is 4.57. The molecule has 0 saturated carbocycles. The summed E-state index contributed by atoms with van der Waals surface area (Å²) in [6, 6.07) is 35.3. The van der Waals surface area contributed by atoms with E-state index >= 15 is 0 Å². The second kappa shape index (κ2) is 6.57. The molecular weight excluding hydrogens is 366 g/mol. The van der Waals surface area contributed by atoms with E-state index in [9.17, 15) is 4.79 Å². The van der Waals surface area contributed by atoms with Crippen LogP contribution in [0.2, 0.25) is 0 Å². The highest BCUT2D eigenvalue weighted by molar-refractivity contribution is 6.20. The number of benzene rings is 5. The number of fused-ring (bicyclic) bond motifs is 6. The van der Waals surface area contributed by atoms with Crippen molar-refractivity contribution in [2.75, 3.05) is 0 Å². The summed E-state index contributed by atoms with van der Waals surface area (Å²) in [4.78, 5) is 13.7. The van der Waals surface area contributed by atoms with Gasteiger partial charge in [0, 0.05) is 10.8 Å². The van der Waals surface area contributed by atoms with Gasteiger partial charge in [-0.15, -0.1) is 0 Å². The first-order valence-electron chi connectivity index (χ1n) is 10.2. The molecule has 0 radical (unpaired) electrons. The third-order valence-corrected chi connectivity index (χ3v) is 6.01. The molecule has 0 unspecified atom stereocenters. The first-order chi connectivity index (χ1) is 14.8. The van der Waals surface area contributed by atoms with E-state index in [0.29, 0.717) is 6.54 Å². The zero-order chi connectivity index (χ0) is 20.1. The van der Waals surface area contributed by atoms with Gasteiger partial charge in [-0.2, -0.15) is 0 Å². The number of aromatic nitrogens is 1. The van der Waals surface area contributed by atoms with E-state index < -0.39 is 0 Å². The monoisotopic (exact) mass is 385 g/mol. The summed E-state index contributed by atoms with van der Waals surface area (Å²) < 4.78 is 1.92. The molecule has 0 aliphatic heterocycles. The van der Waals surface area contributed by atoms with E-state index in [1.165, 1.54) is 10.8 Å². The highest BCUT2D eigenvalue weighted by Crippen LogP contribution is 2.33. The molecule has 6 aromatic rings. The van der Waals surface area contributed by atoms with Crippen molar-refractivity contribution in [2.45, 2.75) is 6.54 Å². The molecule has 30 heavy (non-hydrogen) atoms. The molecule has 5 aromatic carbocycles. The number of pyridine rings is 1. The number of rotatable bonds is 2. The Hall–Kier alpha value is -3.91. The summed E-state index contributed by atoms with van der Waals surface area (Å²) in [6.45, 7) is 0.553. The Morgan fingerprint density at radius 3 is 1.97 bits per heavy atom. The average molecular weight is 385 g/mol. The van der Waals surface area contributed by atoms with Crippen molar-refractivity contribution in [1.82, 2.24) is 4.57 Å². The standard InChI is InChI=1S/C28H19NO/c30-28-25-17-22-12-5-4-11-21(22)16-24(25)27-23-13-7-6-10-20(23)14-15-26(27)29(28)18-19-8-2-1-3-9-19/h1-17H,18H2. The summed E-state index contributed by atoms with van der Waals surface area (Å²) in [7, 11) is 0. The van der Waals surface area contributed by atoms with Crippen LogP contribution < -0.4 is 5.56 Å². The fourth-order valence-electron chi connectivity index (χ4n) is 4.57. The van der Waals surface area contributed by atoms with Crippen LogP contribution in [-0.4, -0.2) is 4.57 Å². The molecular formula is C28H19NO. The van der Waals surface area contributed by atoms with Gasteiger partial charge >= 0.3 is 0 Å². The first-order valence-corrected chi connectivity index (χ1v) is 10.2. The van der Waals surface area contributed by atoms with E-state index in [4.69, 9.17) is 0 Å². The number of hydrogen-bond acceptors (Lipinski definition) is 1. The van der Waals surface area contributed by atoms with Crippen LogP contribution >= 0.6 is 0 Å². The van der Waals surface area contributed by atoms with Gasteiger partial charge in [0.05, 0.1) is 12.1 Å². The quantitative estimate of drug-likeness (QED) is 0.246. The highest BCUT2D eigenvalue weighted by Gasteiger charge is 2.14. The van der Waals surface area contributed by atoms with E-state index in [1.54, 1.807) is 0 Å². The molecule has 0 spiro atoms. The Kier molecular flexibility index (Phi) is 3.72. The molecule has 2 heteroatoms. The maximum absolute atomic E-state index is 13.7. The first kappa shape index (κ1) is 17.0. The van der Waals surface area contributed by atoms with Crippen molar-refractivity contribution >= 4 is 43.2 Å². The third kappa shape index (κ3) is 2.54. The van der Waals surface area contributed by atoms with Gasteiger partial charge < -0.3 is 4.57 Å². The minimum absolute atomic E-state index is 0.0578. The SMILES string of the molecule is O=c1c2cc3ccccc3cc2c2c3ccccc3ccc2n1Cc1ccccc1. The highest BCUT2D eigenvalue weighted by atomic mass is 16.1. The molecule has 0 amide bonds. The van der Waals surface area contributed by atoms with Crippen LogP contribution in [0.5, 0.6) is 0 Å². The van der Waals surface area contributed by atoms with Crippen LogP contribution in [0.25, 0.3) is 43.2 Å². The lowest BCUT2D eigenvalue weighted by atomic mass is 9.97. The van der Waals surface area contributed by atoms with E-state index in [0.717, 1.165) is 38.0 Å². The Balaban J connectivity index is 1.83. The molecule has 0 atom stereocenters. The minimum Gasteiger partial charge on any atom is -0.303 e.